The van der Waals surface area contributed by atoms with Gasteiger partial charge >= 0.3 is 10.4 Å². The molecule has 0 spiro atoms. The van der Waals surface area contributed by atoms with Gasteiger partial charge in [-0.15, -0.1) is 0 Å². The average molecular weight is 367 g/mol. The van der Waals surface area contributed by atoms with E-state index in [4.69, 9.17) is 7.74 Å². The van der Waals surface area contributed by atoms with E-state index >= 15 is 0 Å². The monoisotopic (exact) mass is 366 g/mol. The Kier molecular flexibility index (Phi) is 5.27. The lowest BCUT2D eigenvalue weighted by Gasteiger charge is -2.27. The molecule has 2 aromatic rings. The number of hydrogen-bond acceptors (Lipinski definition) is 4. The van der Waals surface area contributed by atoms with Gasteiger partial charge in [-0.2, -0.15) is 8.42 Å². The van der Waals surface area contributed by atoms with E-state index in [2.05, 4.69) is 0 Å². The summed E-state index contributed by atoms with van der Waals surface area (Å²) in [5.74, 6) is 0. The van der Waals surface area contributed by atoms with Crippen molar-refractivity contribution in [3.8, 4) is 0 Å². The fourth-order valence-corrected chi connectivity index (χ4v) is 9.59. The molecule has 7 heteroatoms. The van der Waals surface area contributed by atoms with E-state index in [0.717, 1.165) is 10.4 Å². The van der Waals surface area contributed by atoms with Gasteiger partial charge in [-0.1, -0.05) is 60.7 Å². The van der Waals surface area contributed by atoms with Gasteiger partial charge in [-0.3, -0.25) is 7.74 Å². The van der Waals surface area contributed by atoms with Crippen molar-refractivity contribution < 1.29 is 16.2 Å². The first kappa shape index (κ1) is 18.1. The molecule has 0 aliphatic heterocycles. The second-order valence-corrected chi connectivity index (χ2v) is 15.7. The molecule has 0 fully saturated rings. The standard InChI is InChI=1S/C16H22O4SSi2/c1-22(2,15-11-7-5-8-12-15)19-21(17,18)20-23(3,4)16-13-9-6-10-14-16/h5-14H,1-4H3. The van der Waals surface area contributed by atoms with E-state index in [1.807, 2.05) is 86.9 Å². The zero-order valence-electron chi connectivity index (χ0n) is 13.8. The summed E-state index contributed by atoms with van der Waals surface area (Å²) in [6.07, 6.45) is 0. The molecule has 0 saturated carbocycles. The van der Waals surface area contributed by atoms with Crippen molar-refractivity contribution in [1.82, 2.24) is 0 Å². The van der Waals surface area contributed by atoms with Gasteiger partial charge in [0.1, 0.15) is 0 Å². The zero-order valence-corrected chi connectivity index (χ0v) is 16.6. The molecule has 0 N–H and O–H groups in total. The largest absolute Gasteiger partial charge is 0.381 e. The van der Waals surface area contributed by atoms with Gasteiger partial charge in [0.2, 0.25) is 16.6 Å². The normalized spacial score (nSPS) is 13.0. The van der Waals surface area contributed by atoms with Crippen LogP contribution >= 0.6 is 0 Å². The third kappa shape index (κ3) is 4.86. The topological polar surface area (TPSA) is 52.6 Å². The van der Waals surface area contributed by atoms with E-state index < -0.39 is 27.0 Å². The van der Waals surface area contributed by atoms with Crippen molar-refractivity contribution >= 4 is 37.4 Å². The molecule has 0 amide bonds. The Labute approximate surface area is 140 Å². The molecule has 0 aliphatic rings. The van der Waals surface area contributed by atoms with Crippen LogP contribution in [-0.4, -0.2) is 25.1 Å². The van der Waals surface area contributed by atoms with Crippen LogP contribution in [0.1, 0.15) is 0 Å². The summed E-state index contributed by atoms with van der Waals surface area (Å²) in [6, 6.07) is 18.9. The predicted molar refractivity (Wildman–Crippen MR) is 98.2 cm³/mol. The van der Waals surface area contributed by atoms with Crippen molar-refractivity contribution in [2.24, 2.45) is 0 Å². The van der Waals surface area contributed by atoms with Crippen molar-refractivity contribution in [2.75, 3.05) is 0 Å². The summed E-state index contributed by atoms with van der Waals surface area (Å²) in [4.78, 5) is 0. The average Bonchev–Trinajstić information content (AvgIpc) is 2.47. The Bertz CT molecular complexity index is 685. The minimum atomic E-state index is -4.07. The third-order valence-corrected chi connectivity index (χ3v) is 12.0. The molecule has 0 saturated heterocycles. The maximum Gasteiger partial charge on any atom is 0.381 e. The highest BCUT2D eigenvalue weighted by molar-refractivity contribution is 7.84. The number of hydrogen-bond donors (Lipinski definition) is 0. The van der Waals surface area contributed by atoms with Crippen LogP contribution in [0.4, 0.5) is 0 Å². The van der Waals surface area contributed by atoms with E-state index in [1.165, 1.54) is 0 Å². The maximum atomic E-state index is 12.4. The Balaban J connectivity index is 2.19. The van der Waals surface area contributed by atoms with Gasteiger partial charge in [0.05, 0.1) is 0 Å². The predicted octanol–water partition coefficient (Wildman–Crippen LogP) is 2.49. The fraction of sp³-hybridized carbons (Fsp3) is 0.250. The quantitative estimate of drug-likeness (QED) is 0.737. The van der Waals surface area contributed by atoms with Gasteiger partial charge in [-0.05, 0) is 36.6 Å². The molecular weight excluding hydrogens is 344 g/mol. The smallest absolute Gasteiger partial charge is 0.289 e. The van der Waals surface area contributed by atoms with Crippen molar-refractivity contribution in [3.05, 3.63) is 60.7 Å². The van der Waals surface area contributed by atoms with Crippen LogP contribution in [0.25, 0.3) is 0 Å². The van der Waals surface area contributed by atoms with Crippen LogP contribution in [0.3, 0.4) is 0 Å². The van der Waals surface area contributed by atoms with Gasteiger partial charge in [0.25, 0.3) is 0 Å². The highest BCUT2D eigenvalue weighted by atomic mass is 32.3. The first-order valence-corrected chi connectivity index (χ1v) is 14.5. The SMILES string of the molecule is C[Si](C)(OS(=O)(=O)O[Si](C)(C)c1ccccc1)c1ccccc1. The van der Waals surface area contributed by atoms with Gasteiger partial charge in [-0.25, -0.2) is 0 Å². The summed E-state index contributed by atoms with van der Waals surface area (Å²) in [7, 11) is -9.28. The van der Waals surface area contributed by atoms with Crippen molar-refractivity contribution in [1.29, 1.82) is 0 Å². The second kappa shape index (κ2) is 6.70. The minimum absolute atomic E-state index is 0.909. The molecule has 23 heavy (non-hydrogen) atoms. The third-order valence-electron chi connectivity index (χ3n) is 3.56. The molecular formula is C16H22O4SSi2. The van der Waals surface area contributed by atoms with E-state index in [-0.39, 0.29) is 0 Å². The van der Waals surface area contributed by atoms with Crippen molar-refractivity contribution in [2.45, 2.75) is 26.2 Å². The van der Waals surface area contributed by atoms with Crippen molar-refractivity contribution in [3.63, 3.8) is 0 Å². The number of benzene rings is 2. The molecule has 0 unspecified atom stereocenters. The summed E-state index contributed by atoms with van der Waals surface area (Å²) in [5, 5.41) is 1.82. The lowest BCUT2D eigenvalue weighted by molar-refractivity contribution is 0.393. The molecule has 0 radical (unpaired) electrons. The minimum Gasteiger partial charge on any atom is -0.289 e. The Morgan fingerprint density at radius 2 is 0.957 bits per heavy atom. The van der Waals surface area contributed by atoms with Crippen LogP contribution in [0.15, 0.2) is 60.7 Å². The molecule has 124 valence electrons. The van der Waals surface area contributed by atoms with Crippen LogP contribution in [-0.2, 0) is 18.1 Å². The second-order valence-electron chi connectivity index (χ2n) is 6.33. The molecule has 2 aromatic carbocycles. The molecule has 0 aromatic heterocycles. The van der Waals surface area contributed by atoms with Gasteiger partial charge in [0.15, 0.2) is 0 Å². The Morgan fingerprint density at radius 1 is 0.652 bits per heavy atom. The molecule has 0 heterocycles. The van der Waals surface area contributed by atoms with Crippen LogP contribution in [0.2, 0.25) is 26.2 Å². The maximum absolute atomic E-state index is 12.4. The van der Waals surface area contributed by atoms with Crippen LogP contribution < -0.4 is 10.4 Å². The summed E-state index contributed by atoms with van der Waals surface area (Å²) >= 11 is 0. The Hall–Kier alpha value is -1.26. The molecule has 0 atom stereocenters. The van der Waals surface area contributed by atoms with Gasteiger partial charge in [0, 0.05) is 0 Å². The van der Waals surface area contributed by atoms with E-state index in [1.54, 1.807) is 0 Å². The fourth-order valence-electron chi connectivity index (χ4n) is 2.30. The number of rotatable bonds is 6. The molecule has 2 rings (SSSR count). The lowest BCUT2D eigenvalue weighted by Crippen LogP contribution is -2.51. The Morgan fingerprint density at radius 3 is 1.26 bits per heavy atom. The van der Waals surface area contributed by atoms with Gasteiger partial charge < -0.3 is 0 Å². The van der Waals surface area contributed by atoms with E-state index in [9.17, 15) is 8.42 Å². The molecule has 0 bridgehead atoms. The zero-order chi connectivity index (χ0) is 17.1. The first-order valence-electron chi connectivity index (χ1n) is 7.40. The highest BCUT2D eigenvalue weighted by Gasteiger charge is 2.38. The van der Waals surface area contributed by atoms with Crippen LogP contribution in [0.5, 0.6) is 0 Å². The highest BCUT2D eigenvalue weighted by Crippen LogP contribution is 2.16. The molecule has 0 aliphatic carbocycles. The van der Waals surface area contributed by atoms with Crippen LogP contribution in [0, 0.1) is 0 Å². The lowest BCUT2D eigenvalue weighted by atomic mass is 10.4. The summed E-state index contributed by atoms with van der Waals surface area (Å²) in [6.45, 7) is 7.39. The summed E-state index contributed by atoms with van der Waals surface area (Å²) < 4.78 is 35.9. The summed E-state index contributed by atoms with van der Waals surface area (Å²) in [5.41, 5.74) is 0. The van der Waals surface area contributed by atoms with E-state index in [0.29, 0.717) is 0 Å². The molecule has 4 nitrogen and oxygen atoms in total. The first-order chi connectivity index (χ1) is 10.6.